The van der Waals surface area contributed by atoms with Gasteiger partial charge in [0.25, 0.3) is 15.9 Å². The molecule has 1 aliphatic heterocycles. The number of nitrogens with one attached hydrogen (secondary N) is 2. The maximum Gasteiger partial charge on any atom is 0.317 e. The number of aliphatic hydroxyl groups is 1. The second-order valence-corrected chi connectivity index (χ2v) is 15.6. The Bertz CT molecular complexity index is 1380. The van der Waals surface area contributed by atoms with E-state index in [1.54, 1.807) is 47.4 Å². The first kappa shape index (κ1) is 36.0. The van der Waals surface area contributed by atoms with Gasteiger partial charge in [-0.15, -0.1) is 11.3 Å². The Morgan fingerprint density at radius 1 is 1.13 bits per heavy atom. The summed E-state index contributed by atoms with van der Waals surface area (Å²) in [5.41, 5.74) is 0.429. The second kappa shape index (κ2) is 16.8. The van der Waals surface area contributed by atoms with Crippen molar-refractivity contribution in [1.29, 1.82) is 0 Å². The SMILES string of the molecule is C[C@H](CO)N1C[C@H](C)[C@H](CN(C)C(=O)NC2CCCCC2)OCCCC[C@H](C)Oc2ccc(NS(=O)(=O)c3cccs3)cc2C1=O. The van der Waals surface area contributed by atoms with Crippen molar-refractivity contribution in [3.05, 3.63) is 41.3 Å². The number of thiophene rings is 1. The van der Waals surface area contributed by atoms with Gasteiger partial charge < -0.3 is 29.7 Å². The van der Waals surface area contributed by atoms with E-state index in [9.17, 15) is 23.1 Å². The molecule has 256 valence electrons. The maximum absolute atomic E-state index is 14.3. The van der Waals surface area contributed by atoms with Crippen molar-refractivity contribution in [2.45, 2.75) is 101 Å². The Hall–Kier alpha value is -2.87. The molecule has 0 unspecified atom stereocenters. The molecule has 46 heavy (non-hydrogen) atoms. The first-order chi connectivity index (χ1) is 22.0. The molecule has 4 rings (SSSR count). The molecule has 2 heterocycles. The summed E-state index contributed by atoms with van der Waals surface area (Å²) in [4.78, 5) is 30.7. The lowest BCUT2D eigenvalue weighted by Crippen LogP contribution is -2.50. The van der Waals surface area contributed by atoms with Gasteiger partial charge in [-0.05, 0) is 75.6 Å². The summed E-state index contributed by atoms with van der Waals surface area (Å²) < 4.78 is 41.3. The van der Waals surface area contributed by atoms with Crippen LogP contribution in [0.4, 0.5) is 10.5 Å². The zero-order chi connectivity index (χ0) is 33.3. The van der Waals surface area contributed by atoms with Gasteiger partial charge in [0.05, 0.1) is 30.4 Å². The van der Waals surface area contributed by atoms with Crippen molar-refractivity contribution in [1.82, 2.24) is 15.1 Å². The third-order valence-electron chi connectivity index (χ3n) is 8.80. The minimum absolute atomic E-state index is 0.129. The number of hydrogen-bond acceptors (Lipinski definition) is 8. The Labute approximate surface area is 277 Å². The van der Waals surface area contributed by atoms with Crippen molar-refractivity contribution in [2.24, 2.45) is 5.92 Å². The number of fused-ring (bicyclic) bond motifs is 1. The number of ether oxygens (including phenoxy) is 2. The highest BCUT2D eigenvalue weighted by molar-refractivity contribution is 7.94. The van der Waals surface area contributed by atoms with Gasteiger partial charge in [0, 0.05) is 44.4 Å². The van der Waals surface area contributed by atoms with Gasteiger partial charge >= 0.3 is 6.03 Å². The summed E-state index contributed by atoms with van der Waals surface area (Å²) >= 11 is 1.10. The van der Waals surface area contributed by atoms with Crippen LogP contribution in [0.3, 0.4) is 0 Å². The van der Waals surface area contributed by atoms with Crippen LogP contribution in [0.2, 0.25) is 0 Å². The fourth-order valence-electron chi connectivity index (χ4n) is 5.96. The standard InChI is InChI=1S/C33H50N4O7S2/c1-23-20-37(24(2)22-38)32(39)28-19-27(35-46(41,42)31-14-10-18-45-31)15-16-29(28)44-25(3)11-8-9-17-43-30(23)21-36(4)33(40)34-26-12-6-5-7-13-26/h10,14-16,18-19,23-26,30,35,38H,5-9,11-13,17,20-22H2,1-4H3,(H,34,40)/t23-,24+,25-,30-/m0/s1. The van der Waals surface area contributed by atoms with Crippen molar-refractivity contribution in [3.63, 3.8) is 0 Å². The Morgan fingerprint density at radius 3 is 2.57 bits per heavy atom. The highest BCUT2D eigenvalue weighted by Gasteiger charge is 2.31. The van der Waals surface area contributed by atoms with Crippen molar-refractivity contribution < 1.29 is 32.6 Å². The maximum atomic E-state index is 14.3. The third kappa shape index (κ3) is 9.82. The van der Waals surface area contributed by atoms with Gasteiger partial charge in [-0.3, -0.25) is 9.52 Å². The largest absolute Gasteiger partial charge is 0.490 e. The van der Waals surface area contributed by atoms with Gasteiger partial charge in [-0.25, -0.2) is 13.2 Å². The fraction of sp³-hybridized carbons (Fsp3) is 0.636. The Balaban J connectivity index is 1.60. The minimum atomic E-state index is -3.84. The van der Waals surface area contributed by atoms with Crippen molar-refractivity contribution in [3.8, 4) is 5.75 Å². The monoisotopic (exact) mass is 678 g/mol. The number of rotatable bonds is 8. The molecule has 1 fully saturated rings. The molecule has 0 radical (unpaired) electrons. The summed E-state index contributed by atoms with van der Waals surface area (Å²) in [7, 11) is -2.07. The molecule has 11 nitrogen and oxygen atoms in total. The van der Waals surface area contributed by atoms with E-state index in [0.717, 1.165) is 56.3 Å². The molecule has 1 aromatic heterocycles. The molecule has 0 spiro atoms. The van der Waals surface area contributed by atoms with Crippen LogP contribution >= 0.6 is 11.3 Å². The van der Waals surface area contributed by atoms with E-state index in [-0.39, 0.29) is 58.8 Å². The number of likely N-dealkylation sites (N-methyl/N-ethyl adjacent to an activating group) is 1. The lowest BCUT2D eigenvalue weighted by molar-refractivity contribution is -0.0123. The molecule has 1 aromatic carbocycles. The van der Waals surface area contributed by atoms with Crippen LogP contribution in [0.15, 0.2) is 39.9 Å². The average molecular weight is 679 g/mol. The predicted molar refractivity (Wildman–Crippen MR) is 180 cm³/mol. The molecular formula is C33H50N4O7S2. The lowest BCUT2D eigenvalue weighted by atomic mass is 9.96. The van der Waals surface area contributed by atoms with Crippen LogP contribution in [0, 0.1) is 5.92 Å². The van der Waals surface area contributed by atoms with Crippen LogP contribution in [0.25, 0.3) is 0 Å². The fourth-order valence-corrected chi connectivity index (χ4v) is 8.00. The van der Waals surface area contributed by atoms with E-state index < -0.39 is 22.0 Å². The number of carbonyl (C=O) groups is 2. The molecule has 2 aliphatic rings. The van der Waals surface area contributed by atoms with E-state index in [2.05, 4.69) is 10.0 Å². The third-order valence-corrected chi connectivity index (χ3v) is 11.6. The molecule has 13 heteroatoms. The number of aliphatic hydroxyl groups excluding tert-OH is 1. The molecule has 0 saturated heterocycles. The number of amides is 3. The summed E-state index contributed by atoms with van der Waals surface area (Å²) in [6.45, 7) is 6.51. The van der Waals surface area contributed by atoms with E-state index in [1.165, 1.54) is 18.6 Å². The number of benzene rings is 1. The van der Waals surface area contributed by atoms with Gasteiger partial charge in [0.15, 0.2) is 0 Å². The molecule has 1 saturated carbocycles. The zero-order valence-corrected chi connectivity index (χ0v) is 29.1. The second-order valence-electron chi connectivity index (χ2n) is 12.7. The zero-order valence-electron chi connectivity index (χ0n) is 27.4. The van der Waals surface area contributed by atoms with E-state index in [0.29, 0.717) is 18.9 Å². The molecule has 3 N–H and O–H groups in total. The molecule has 0 bridgehead atoms. The minimum Gasteiger partial charge on any atom is -0.490 e. The van der Waals surface area contributed by atoms with Gasteiger partial charge in [-0.1, -0.05) is 32.3 Å². The Morgan fingerprint density at radius 2 is 1.87 bits per heavy atom. The number of carbonyl (C=O) groups excluding carboxylic acids is 2. The first-order valence-electron chi connectivity index (χ1n) is 16.4. The topological polar surface area (TPSA) is 138 Å². The van der Waals surface area contributed by atoms with Crippen LogP contribution in [-0.2, 0) is 14.8 Å². The Kier molecular flexibility index (Phi) is 13.1. The molecular weight excluding hydrogens is 629 g/mol. The highest BCUT2D eigenvalue weighted by atomic mass is 32.2. The van der Waals surface area contributed by atoms with Crippen LogP contribution < -0.4 is 14.8 Å². The van der Waals surface area contributed by atoms with E-state index in [4.69, 9.17) is 9.47 Å². The first-order valence-corrected chi connectivity index (χ1v) is 18.8. The van der Waals surface area contributed by atoms with Crippen LogP contribution in [0.5, 0.6) is 5.75 Å². The quantitative estimate of drug-likeness (QED) is 0.344. The van der Waals surface area contributed by atoms with Crippen molar-refractivity contribution >= 4 is 39.0 Å². The number of anilines is 1. The van der Waals surface area contributed by atoms with Gasteiger partial charge in [0.2, 0.25) is 0 Å². The van der Waals surface area contributed by atoms with Crippen molar-refractivity contribution in [2.75, 3.05) is 38.1 Å². The summed E-state index contributed by atoms with van der Waals surface area (Å²) in [5, 5.41) is 15.0. The van der Waals surface area contributed by atoms with Crippen LogP contribution in [0.1, 0.15) is 82.5 Å². The average Bonchev–Trinajstić information content (AvgIpc) is 3.59. The number of nitrogens with zero attached hydrogens (tertiary/aromatic N) is 2. The van der Waals surface area contributed by atoms with Gasteiger partial charge in [0.1, 0.15) is 9.96 Å². The van der Waals surface area contributed by atoms with E-state index >= 15 is 0 Å². The predicted octanol–water partition coefficient (Wildman–Crippen LogP) is 5.32. The summed E-state index contributed by atoms with van der Waals surface area (Å²) in [6, 6.07) is 7.41. The number of hydrogen-bond donors (Lipinski definition) is 3. The lowest BCUT2D eigenvalue weighted by Gasteiger charge is -2.36. The van der Waals surface area contributed by atoms with Gasteiger partial charge in [-0.2, -0.15) is 0 Å². The number of urea groups is 1. The summed E-state index contributed by atoms with van der Waals surface area (Å²) in [6.07, 6.45) is 7.25. The number of sulfonamides is 1. The summed E-state index contributed by atoms with van der Waals surface area (Å²) in [5.74, 6) is -0.245. The molecule has 1 aliphatic carbocycles. The molecule has 2 aromatic rings. The molecule has 3 amide bonds. The normalized spacial score (nSPS) is 23.0. The highest BCUT2D eigenvalue weighted by Crippen LogP contribution is 2.30. The smallest absolute Gasteiger partial charge is 0.317 e. The molecule has 4 atom stereocenters. The van der Waals surface area contributed by atoms with Crippen LogP contribution in [-0.4, -0.2) is 92.9 Å². The van der Waals surface area contributed by atoms with E-state index in [1.807, 2.05) is 13.8 Å².